The highest BCUT2D eigenvalue weighted by molar-refractivity contribution is 7.99. The standard InChI is InChI=1S/C24H24N6O3S/c1-5-12-29-22(16-6-8-18(9-7-16)24(2,3)4)27-28-23(29)34-15-21(31)26-20-11-10-19(30(32)33)13-17(20)14-25/h5-11,13H,1,12,15H2,2-4H3,(H,26,31). The highest BCUT2D eigenvalue weighted by Gasteiger charge is 2.18. The summed E-state index contributed by atoms with van der Waals surface area (Å²) < 4.78 is 1.88. The molecule has 3 aromatic rings. The number of nitriles is 1. The number of nitrogens with one attached hydrogen (secondary N) is 1. The Morgan fingerprint density at radius 1 is 1.26 bits per heavy atom. The largest absolute Gasteiger partial charge is 0.324 e. The highest BCUT2D eigenvalue weighted by atomic mass is 32.2. The van der Waals surface area contributed by atoms with Crippen LogP contribution in [0.15, 0.2) is 60.3 Å². The van der Waals surface area contributed by atoms with Crippen LogP contribution in [0.3, 0.4) is 0 Å². The summed E-state index contributed by atoms with van der Waals surface area (Å²) in [7, 11) is 0. The Hall–Kier alpha value is -3.97. The van der Waals surface area contributed by atoms with Crippen LogP contribution in [0.25, 0.3) is 11.4 Å². The molecule has 1 heterocycles. The summed E-state index contributed by atoms with van der Waals surface area (Å²) in [5, 5.41) is 31.9. The number of nitrogens with zero attached hydrogens (tertiary/aromatic N) is 5. The minimum Gasteiger partial charge on any atom is -0.324 e. The summed E-state index contributed by atoms with van der Waals surface area (Å²) in [5.41, 5.74) is 2.17. The van der Waals surface area contributed by atoms with Crippen molar-refractivity contribution in [3.63, 3.8) is 0 Å². The minimum atomic E-state index is -0.594. The SMILES string of the molecule is C=CCn1c(SCC(=O)Nc2ccc([N+](=O)[O-])cc2C#N)nnc1-c1ccc(C(C)(C)C)cc1. The number of rotatable bonds is 8. The van der Waals surface area contributed by atoms with Crippen LogP contribution in [0.4, 0.5) is 11.4 Å². The lowest BCUT2D eigenvalue weighted by atomic mass is 9.87. The Bertz CT molecular complexity index is 1270. The predicted octanol–water partition coefficient (Wildman–Crippen LogP) is 4.94. The number of aromatic nitrogens is 3. The lowest BCUT2D eigenvalue weighted by molar-refractivity contribution is -0.384. The monoisotopic (exact) mass is 476 g/mol. The van der Waals surface area contributed by atoms with Gasteiger partial charge in [-0.3, -0.25) is 19.5 Å². The van der Waals surface area contributed by atoms with E-state index < -0.39 is 4.92 Å². The Balaban J connectivity index is 1.75. The van der Waals surface area contributed by atoms with Gasteiger partial charge in [-0.15, -0.1) is 16.8 Å². The van der Waals surface area contributed by atoms with E-state index in [-0.39, 0.29) is 34.0 Å². The lowest BCUT2D eigenvalue weighted by Gasteiger charge is -2.19. The molecule has 0 saturated heterocycles. The average molecular weight is 477 g/mol. The number of hydrogen-bond donors (Lipinski definition) is 1. The van der Waals surface area contributed by atoms with E-state index in [1.807, 2.05) is 22.8 Å². The van der Waals surface area contributed by atoms with Gasteiger partial charge in [0.1, 0.15) is 6.07 Å². The first kappa shape index (κ1) is 24.7. The van der Waals surface area contributed by atoms with Crippen molar-refractivity contribution in [3.8, 4) is 17.5 Å². The van der Waals surface area contributed by atoms with E-state index in [9.17, 15) is 20.2 Å². The van der Waals surface area contributed by atoms with E-state index in [4.69, 9.17) is 0 Å². The number of carbonyl (C=O) groups is 1. The van der Waals surface area contributed by atoms with Crippen molar-refractivity contribution in [2.75, 3.05) is 11.1 Å². The quantitative estimate of drug-likeness (QED) is 0.211. The number of non-ortho nitro benzene ring substituents is 1. The molecule has 34 heavy (non-hydrogen) atoms. The van der Waals surface area contributed by atoms with Crippen molar-refractivity contribution in [2.45, 2.75) is 37.9 Å². The second kappa shape index (κ2) is 10.3. The Labute approximate surface area is 201 Å². The highest BCUT2D eigenvalue weighted by Crippen LogP contribution is 2.28. The van der Waals surface area contributed by atoms with E-state index in [0.717, 1.165) is 11.6 Å². The molecule has 0 atom stereocenters. The summed E-state index contributed by atoms with van der Waals surface area (Å²) in [6.07, 6.45) is 1.73. The van der Waals surface area contributed by atoms with E-state index in [1.165, 1.54) is 29.5 Å². The molecule has 1 N–H and O–H groups in total. The number of amides is 1. The normalized spacial score (nSPS) is 11.0. The first-order valence-electron chi connectivity index (χ1n) is 10.4. The van der Waals surface area contributed by atoms with E-state index >= 15 is 0 Å². The molecular formula is C24H24N6O3S. The van der Waals surface area contributed by atoms with Crippen LogP contribution in [0.1, 0.15) is 31.9 Å². The molecule has 9 nitrogen and oxygen atoms in total. The molecule has 0 aliphatic heterocycles. The van der Waals surface area contributed by atoms with Gasteiger partial charge in [-0.25, -0.2) is 0 Å². The smallest absolute Gasteiger partial charge is 0.270 e. The second-order valence-corrected chi connectivity index (χ2v) is 9.41. The van der Waals surface area contributed by atoms with Crippen LogP contribution < -0.4 is 5.32 Å². The summed E-state index contributed by atoms with van der Waals surface area (Å²) >= 11 is 1.20. The third kappa shape index (κ3) is 5.68. The summed E-state index contributed by atoms with van der Waals surface area (Å²) in [5.74, 6) is 0.310. The minimum absolute atomic E-state index is 0.0140. The van der Waals surface area contributed by atoms with Crippen LogP contribution in [0, 0.1) is 21.4 Å². The molecule has 10 heteroatoms. The number of benzene rings is 2. The van der Waals surface area contributed by atoms with Crippen molar-refractivity contribution in [1.82, 2.24) is 14.8 Å². The van der Waals surface area contributed by atoms with Crippen molar-refractivity contribution in [1.29, 1.82) is 5.26 Å². The van der Waals surface area contributed by atoms with Gasteiger partial charge in [0.15, 0.2) is 11.0 Å². The van der Waals surface area contributed by atoms with Crippen molar-refractivity contribution in [3.05, 3.63) is 76.4 Å². The van der Waals surface area contributed by atoms with Crippen molar-refractivity contribution >= 4 is 29.0 Å². The second-order valence-electron chi connectivity index (χ2n) is 8.47. The summed E-state index contributed by atoms with van der Waals surface area (Å²) in [4.78, 5) is 22.8. The number of carbonyl (C=O) groups excluding carboxylic acids is 1. The van der Waals surface area contributed by atoms with Crippen LogP contribution in [0.2, 0.25) is 0 Å². The molecule has 0 radical (unpaired) electrons. The first-order chi connectivity index (χ1) is 16.1. The number of thioether (sulfide) groups is 1. The molecule has 2 aromatic carbocycles. The van der Waals surface area contributed by atoms with Crippen molar-refractivity contribution in [2.24, 2.45) is 0 Å². The van der Waals surface area contributed by atoms with E-state index in [0.29, 0.717) is 17.5 Å². The number of hydrogen-bond acceptors (Lipinski definition) is 7. The van der Waals surface area contributed by atoms with Gasteiger partial charge >= 0.3 is 0 Å². The average Bonchev–Trinajstić information content (AvgIpc) is 3.20. The van der Waals surface area contributed by atoms with Crippen molar-refractivity contribution < 1.29 is 9.72 Å². The van der Waals surface area contributed by atoms with E-state index in [1.54, 1.807) is 6.08 Å². The maximum Gasteiger partial charge on any atom is 0.270 e. The molecular weight excluding hydrogens is 452 g/mol. The zero-order chi connectivity index (χ0) is 24.9. The third-order valence-electron chi connectivity index (χ3n) is 4.98. The maximum atomic E-state index is 12.5. The molecule has 0 aliphatic carbocycles. The molecule has 0 fully saturated rings. The molecule has 174 valence electrons. The van der Waals surface area contributed by atoms with Crippen LogP contribution in [0.5, 0.6) is 0 Å². The lowest BCUT2D eigenvalue weighted by Crippen LogP contribution is -2.15. The fraction of sp³-hybridized carbons (Fsp3) is 0.250. The van der Waals surface area contributed by atoms with Gasteiger partial charge in [0.25, 0.3) is 5.69 Å². The van der Waals surface area contributed by atoms with Gasteiger partial charge in [-0.2, -0.15) is 5.26 Å². The number of anilines is 1. The Morgan fingerprint density at radius 2 is 1.97 bits per heavy atom. The number of nitro groups is 1. The predicted molar refractivity (Wildman–Crippen MR) is 132 cm³/mol. The summed E-state index contributed by atoms with van der Waals surface area (Å²) in [6.45, 7) is 10.7. The van der Waals surface area contributed by atoms with Gasteiger partial charge in [-0.05, 0) is 17.0 Å². The topological polar surface area (TPSA) is 127 Å². The number of allylic oxidation sites excluding steroid dienone is 1. The first-order valence-corrected chi connectivity index (χ1v) is 11.4. The zero-order valence-corrected chi connectivity index (χ0v) is 19.9. The fourth-order valence-corrected chi connectivity index (χ4v) is 3.93. The molecule has 1 amide bonds. The van der Waals surface area contributed by atoms with Crippen LogP contribution in [-0.4, -0.2) is 31.3 Å². The molecule has 0 bridgehead atoms. The molecule has 0 saturated carbocycles. The maximum absolute atomic E-state index is 12.5. The Kier molecular flexibility index (Phi) is 7.48. The van der Waals surface area contributed by atoms with Gasteiger partial charge in [0.05, 0.1) is 21.9 Å². The van der Waals surface area contributed by atoms with Crippen LogP contribution in [-0.2, 0) is 16.8 Å². The Morgan fingerprint density at radius 3 is 2.56 bits per heavy atom. The van der Waals surface area contributed by atoms with Crippen LogP contribution >= 0.6 is 11.8 Å². The van der Waals surface area contributed by atoms with E-state index in [2.05, 4.69) is 55.0 Å². The zero-order valence-electron chi connectivity index (χ0n) is 19.1. The van der Waals surface area contributed by atoms with Gasteiger partial charge < -0.3 is 5.32 Å². The summed E-state index contributed by atoms with van der Waals surface area (Å²) in [6, 6.07) is 13.7. The van der Waals surface area contributed by atoms with Gasteiger partial charge in [0, 0.05) is 24.2 Å². The molecule has 0 spiro atoms. The molecule has 1 aromatic heterocycles. The fourth-order valence-electron chi connectivity index (χ4n) is 3.19. The number of nitro benzene ring substituents is 1. The third-order valence-corrected chi connectivity index (χ3v) is 5.95. The molecule has 0 unspecified atom stereocenters. The van der Waals surface area contributed by atoms with Gasteiger partial charge in [-0.1, -0.05) is 62.9 Å². The molecule has 3 rings (SSSR count). The molecule has 0 aliphatic rings. The van der Waals surface area contributed by atoms with Gasteiger partial charge in [0.2, 0.25) is 5.91 Å².